The van der Waals surface area contributed by atoms with Gasteiger partial charge in [0.1, 0.15) is 5.75 Å². The molecule has 1 saturated heterocycles. The molecule has 2 amide bonds. The molecule has 148 valence electrons. The van der Waals surface area contributed by atoms with Crippen LogP contribution in [-0.2, 0) is 22.6 Å². The predicted octanol–water partition coefficient (Wildman–Crippen LogP) is 3.57. The fraction of sp³-hybridized carbons (Fsp3) is 0.300. The fourth-order valence-corrected chi connectivity index (χ4v) is 2.97. The van der Waals surface area contributed by atoms with Gasteiger partial charge < -0.3 is 15.0 Å². The summed E-state index contributed by atoms with van der Waals surface area (Å²) in [6.07, 6.45) is -3.14. The number of hydrogen-bond donors (Lipinski definition) is 1. The molecule has 2 aromatic rings. The lowest BCUT2D eigenvalue weighted by molar-refractivity contribution is -0.274. The van der Waals surface area contributed by atoms with Crippen molar-refractivity contribution < 1.29 is 27.5 Å². The molecule has 1 fully saturated rings. The van der Waals surface area contributed by atoms with E-state index in [4.69, 9.17) is 0 Å². The summed E-state index contributed by atoms with van der Waals surface area (Å²) in [5.41, 5.74) is 2.29. The van der Waals surface area contributed by atoms with Gasteiger partial charge in [-0.1, -0.05) is 24.3 Å². The van der Waals surface area contributed by atoms with Crippen LogP contribution in [0.4, 0.5) is 18.9 Å². The number of anilines is 1. The van der Waals surface area contributed by atoms with E-state index >= 15 is 0 Å². The summed E-state index contributed by atoms with van der Waals surface area (Å²) >= 11 is 0. The predicted molar refractivity (Wildman–Crippen MR) is 96.7 cm³/mol. The molecule has 0 aromatic heterocycles. The largest absolute Gasteiger partial charge is 0.573 e. The van der Waals surface area contributed by atoms with Crippen molar-refractivity contribution in [2.45, 2.75) is 32.2 Å². The van der Waals surface area contributed by atoms with Crippen LogP contribution in [0.15, 0.2) is 48.5 Å². The van der Waals surface area contributed by atoms with Crippen LogP contribution in [0.1, 0.15) is 24.0 Å². The van der Waals surface area contributed by atoms with E-state index in [0.717, 1.165) is 17.7 Å². The first-order valence-corrected chi connectivity index (χ1v) is 8.81. The van der Waals surface area contributed by atoms with Crippen molar-refractivity contribution in [1.82, 2.24) is 5.32 Å². The van der Waals surface area contributed by atoms with E-state index in [1.807, 2.05) is 24.3 Å². The quantitative estimate of drug-likeness (QED) is 0.818. The minimum atomic E-state index is -4.73. The van der Waals surface area contributed by atoms with Crippen LogP contribution in [0, 0.1) is 0 Å². The van der Waals surface area contributed by atoms with Crippen LogP contribution in [0.3, 0.4) is 0 Å². The maximum Gasteiger partial charge on any atom is 0.573 e. The van der Waals surface area contributed by atoms with Crippen molar-refractivity contribution in [3.8, 4) is 5.75 Å². The van der Waals surface area contributed by atoms with Crippen LogP contribution >= 0.6 is 0 Å². The highest BCUT2D eigenvalue weighted by atomic mass is 19.4. The summed E-state index contributed by atoms with van der Waals surface area (Å²) in [4.78, 5) is 25.6. The molecule has 2 aromatic carbocycles. The van der Waals surface area contributed by atoms with E-state index in [0.29, 0.717) is 18.5 Å². The number of rotatable bonds is 6. The zero-order chi connectivity index (χ0) is 20.1. The fourth-order valence-electron chi connectivity index (χ4n) is 2.97. The van der Waals surface area contributed by atoms with Gasteiger partial charge in [-0.15, -0.1) is 13.2 Å². The van der Waals surface area contributed by atoms with Crippen molar-refractivity contribution >= 4 is 17.5 Å². The molecule has 0 unspecified atom stereocenters. The van der Waals surface area contributed by atoms with Gasteiger partial charge in [0.25, 0.3) is 0 Å². The molecule has 3 rings (SSSR count). The van der Waals surface area contributed by atoms with Gasteiger partial charge in [-0.05, 0) is 41.8 Å². The Morgan fingerprint density at radius 1 is 1.04 bits per heavy atom. The van der Waals surface area contributed by atoms with Gasteiger partial charge in [0.15, 0.2) is 0 Å². The van der Waals surface area contributed by atoms with E-state index in [1.165, 1.54) is 24.3 Å². The second kappa shape index (κ2) is 8.33. The topological polar surface area (TPSA) is 58.6 Å². The number of nitrogens with one attached hydrogen (secondary N) is 1. The highest BCUT2D eigenvalue weighted by Crippen LogP contribution is 2.23. The Morgan fingerprint density at radius 3 is 2.25 bits per heavy atom. The maximum absolute atomic E-state index is 12.1. The molecule has 0 bridgehead atoms. The second-order valence-electron chi connectivity index (χ2n) is 6.46. The average molecular weight is 392 g/mol. The van der Waals surface area contributed by atoms with Gasteiger partial charge in [0, 0.05) is 25.2 Å². The minimum absolute atomic E-state index is 0.108. The number of carbonyl (C=O) groups excluding carboxylic acids is 2. The molecule has 0 atom stereocenters. The van der Waals surface area contributed by atoms with Gasteiger partial charge >= 0.3 is 6.36 Å². The Morgan fingerprint density at radius 2 is 1.68 bits per heavy atom. The van der Waals surface area contributed by atoms with Crippen LogP contribution in [0.5, 0.6) is 5.75 Å². The summed E-state index contributed by atoms with van der Waals surface area (Å²) in [5.74, 6) is -0.406. The highest BCUT2D eigenvalue weighted by molar-refractivity contribution is 5.95. The molecule has 0 aliphatic carbocycles. The Balaban J connectivity index is 1.48. The van der Waals surface area contributed by atoms with E-state index in [9.17, 15) is 22.8 Å². The van der Waals surface area contributed by atoms with Crippen LogP contribution in [0.25, 0.3) is 0 Å². The Bertz CT molecular complexity index is 833. The number of nitrogens with zero attached hydrogens (tertiary/aromatic N) is 1. The summed E-state index contributed by atoms with van der Waals surface area (Å²) in [7, 11) is 0. The Labute approximate surface area is 160 Å². The Hall–Kier alpha value is -3.03. The zero-order valence-electron chi connectivity index (χ0n) is 15.0. The standard InChI is InChI=1S/C20H19F3N2O3/c21-20(22,23)28-17-9-5-15(6-10-17)13-24-18(26)12-14-3-7-16(8-4-14)25-11-1-2-19(25)27/h3-10H,1-2,11-13H2,(H,24,26). The molecule has 1 aliphatic heterocycles. The lowest BCUT2D eigenvalue weighted by Gasteiger charge is -2.15. The molecule has 5 nitrogen and oxygen atoms in total. The zero-order valence-corrected chi connectivity index (χ0v) is 15.0. The monoisotopic (exact) mass is 392 g/mol. The summed E-state index contributed by atoms with van der Waals surface area (Å²) in [5, 5.41) is 2.73. The molecule has 1 heterocycles. The van der Waals surface area contributed by atoms with Gasteiger partial charge in [0.05, 0.1) is 6.42 Å². The SMILES string of the molecule is O=C(Cc1ccc(N2CCCC2=O)cc1)NCc1ccc(OC(F)(F)F)cc1. The molecule has 28 heavy (non-hydrogen) atoms. The molecule has 8 heteroatoms. The minimum Gasteiger partial charge on any atom is -0.406 e. The third-order valence-electron chi connectivity index (χ3n) is 4.33. The van der Waals surface area contributed by atoms with Crippen molar-refractivity contribution in [3.05, 3.63) is 59.7 Å². The van der Waals surface area contributed by atoms with E-state index in [2.05, 4.69) is 10.1 Å². The first-order valence-electron chi connectivity index (χ1n) is 8.81. The van der Waals surface area contributed by atoms with Crippen LogP contribution in [-0.4, -0.2) is 24.7 Å². The van der Waals surface area contributed by atoms with E-state index in [1.54, 1.807) is 4.90 Å². The maximum atomic E-state index is 12.1. The molecule has 0 saturated carbocycles. The Kier molecular flexibility index (Phi) is 5.87. The summed E-state index contributed by atoms with van der Waals surface area (Å²) in [6.45, 7) is 0.914. The average Bonchev–Trinajstić information content (AvgIpc) is 3.06. The number of amides is 2. The summed E-state index contributed by atoms with van der Waals surface area (Å²) in [6, 6.07) is 12.6. The first-order chi connectivity index (χ1) is 13.3. The van der Waals surface area contributed by atoms with Gasteiger partial charge in [-0.2, -0.15) is 0 Å². The number of alkyl halides is 3. The molecular weight excluding hydrogens is 373 g/mol. The molecule has 1 aliphatic rings. The lowest BCUT2D eigenvalue weighted by Crippen LogP contribution is -2.25. The van der Waals surface area contributed by atoms with Crippen molar-refractivity contribution in [2.24, 2.45) is 0 Å². The number of hydrogen-bond acceptors (Lipinski definition) is 3. The van der Waals surface area contributed by atoms with Crippen LogP contribution in [0.2, 0.25) is 0 Å². The third kappa shape index (κ3) is 5.48. The molecular formula is C20H19F3N2O3. The number of carbonyl (C=O) groups is 2. The van der Waals surface area contributed by atoms with Crippen molar-refractivity contribution in [3.63, 3.8) is 0 Å². The van der Waals surface area contributed by atoms with Gasteiger partial charge in [-0.3, -0.25) is 9.59 Å². The van der Waals surface area contributed by atoms with Crippen molar-refractivity contribution in [1.29, 1.82) is 0 Å². The molecule has 0 radical (unpaired) electrons. The van der Waals surface area contributed by atoms with Crippen molar-refractivity contribution in [2.75, 3.05) is 11.4 Å². The molecule has 1 N–H and O–H groups in total. The number of halogens is 3. The molecule has 0 spiro atoms. The lowest BCUT2D eigenvalue weighted by atomic mass is 10.1. The van der Waals surface area contributed by atoms with Crippen LogP contribution < -0.4 is 15.0 Å². The van der Waals surface area contributed by atoms with Gasteiger partial charge in [0.2, 0.25) is 11.8 Å². The van der Waals surface area contributed by atoms with Gasteiger partial charge in [-0.25, -0.2) is 0 Å². The normalized spacial score (nSPS) is 14.2. The highest BCUT2D eigenvalue weighted by Gasteiger charge is 2.30. The first kappa shape index (κ1) is 19.7. The number of ether oxygens (including phenoxy) is 1. The summed E-state index contributed by atoms with van der Waals surface area (Å²) < 4.78 is 40.2. The second-order valence-corrected chi connectivity index (χ2v) is 6.46. The number of benzene rings is 2. The van der Waals surface area contributed by atoms with E-state index in [-0.39, 0.29) is 30.5 Å². The van der Waals surface area contributed by atoms with E-state index < -0.39 is 6.36 Å². The smallest absolute Gasteiger partial charge is 0.406 e. The third-order valence-corrected chi connectivity index (χ3v) is 4.33.